The highest BCUT2D eigenvalue weighted by atomic mass is 35.5. The van der Waals surface area contributed by atoms with E-state index >= 15 is 0 Å². The van der Waals surface area contributed by atoms with Gasteiger partial charge < -0.3 is 18.9 Å². The fourth-order valence-electron chi connectivity index (χ4n) is 3.19. The van der Waals surface area contributed by atoms with Crippen molar-refractivity contribution < 1.29 is 36.9 Å². The molecule has 0 fully saturated rings. The summed E-state index contributed by atoms with van der Waals surface area (Å²) in [5, 5.41) is -0.246. The zero-order valence-electron chi connectivity index (χ0n) is 19.4. The highest BCUT2D eigenvalue weighted by Crippen LogP contribution is 2.37. The van der Waals surface area contributed by atoms with Crippen LogP contribution in [0.4, 0.5) is 13.2 Å². The van der Waals surface area contributed by atoms with Gasteiger partial charge in [-0.3, -0.25) is 9.36 Å². The van der Waals surface area contributed by atoms with E-state index in [9.17, 15) is 27.6 Å². The van der Waals surface area contributed by atoms with Crippen LogP contribution in [-0.2, 0) is 27.2 Å². The first kappa shape index (κ1) is 26.8. The van der Waals surface area contributed by atoms with E-state index in [0.717, 1.165) is 26.3 Å². The van der Waals surface area contributed by atoms with E-state index in [1.807, 2.05) is 0 Å². The van der Waals surface area contributed by atoms with Crippen LogP contribution in [0.2, 0.25) is 5.02 Å². The van der Waals surface area contributed by atoms with E-state index in [1.165, 1.54) is 19.2 Å². The molecule has 0 aliphatic heterocycles. The summed E-state index contributed by atoms with van der Waals surface area (Å²) in [6.07, 6.45) is -1.43. The molecular formula is C23H20ClF3N2O7. The van der Waals surface area contributed by atoms with Crippen LogP contribution < -0.4 is 20.7 Å². The zero-order valence-corrected chi connectivity index (χ0v) is 20.1. The SMILES string of the molecule is COC(=O)C(OC)Oc1ccccc1Oc1cc(-n2c(=O)cc(C(C)(F)F)n(C)c2=O)c(F)cc1Cl. The Morgan fingerprint density at radius 2 is 1.69 bits per heavy atom. The molecular weight excluding hydrogens is 509 g/mol. The fourth-order valence-corrected chi connectivity index (χ4v) is 3.38. The van der Waals surface area contributed by atoms with Gasteiger partial charge in [0, 0.05) is 33.2 Å². The summed E-state index contributed by atoms with van der Waals surface area (Å²) < 4.78 is 64.1. The number of aromatic nitrogens is 2. The second kappa shape index (κ2) is 10.5. The Morgan fingerprint density at radius 3 is 2.28 bits per heavy atom. The Labute approximate surface area is 207 Å². The molecule has 3 aromatic rings. The van der Waals surface area contributed by atoms with E-state index in [1.54, 1.807) is 12.1 Å². The smallest absolute Gasteiger partial charge is 0.376 e. The average Bonchev–Trinajstić information content (AvgIpc) is 2.82. The molecule has 0 spiro atoms. The molecule has 0 radical (unpaired) electrons. The normalized spacial score (nSPS) is 12.2. The third-order valence-corrected chi connectivity index (χ3v) is 5.22. The maximum atomic E-state index is 14.8. The molecule has 0 saturated carbocycles. The Bertz CT molecular complexity index is 1420. The predicted octanol–water partition coefficient (Wildman–Crippen LogP) is 3.76. The predicted molar refractivity (Wildman–Crippen MR) is 122 cm³/mol. The Hall–Kier alpha value is -3.77. The number of hydrogen-bond acceptors (Lipinski definition) is 7. The molecule has 9 nitrogen and oxygen atoms in total. The van der Waals surface area contributed by atoms with Crippen LogP contribution in [0.5, 0.6) is 17.2 Å². The van der Waals surface area contributed by atoms with Crippen LogP contribution in [0.1, 0.15) is 12.6 Å². The van der Waals surface area contributed by atoms with Crippen molar-refractivity contribution in [2.45, 2.75) is 19.1 Å². The highest BCUT2D eigenvalue weighted by Gasteiger charge is 2.30. The average molecular weight is 529 g/mol. The van der Waals surface area contributed by atoms with Crippen LogP contribution in [0.15, 0.2) is 52.1 Å². The number of benzene rings is 2. The molecule has 1 heterocycles. The van der Waals surface area contributed by atoms with Gasteiger partial charge in [-0.2, -0.15) is 0 Å². The third kappa shape index (κ3) is 5.39. The summed E-state index contributed by atoms with van der Waals surface area (Å²) in [7, 11) is 3.38. The molecule has 192 valence electrons. The lowest BCUT2D eigenvalue weighted by Crippen LogP contribution is -2.41. The molecule has 13 heteroatoms. The number of para-hydroxylation sites is 2. The van der Waals surface area contributed by atoms with Gasteiger partial charge in [-0.1, -0.05) is 23.7 Å². The number of rotatable bonds is 8. The molecule has 3 rings (SSSR count). The maximum Gasteiger partial charge on any atom is 0.376 e. The number of nitrogens with zero attached hydrogens (tertiary/aromatic N) is 2. The molecule has 1 unspecified atom stereocenters. The number of hydrogen-bond donors (Lipinski definition) is 0. The molecule has 0 saturated heterocycles. The number of alkyl halides is 2. The second-order valence-corrected chi connectivity index (χ2v) is 7.83. The standard InChI is InChI=1S/C23H20ClF3N2O7/c1-23(26,27)18-11-19(30)29(22(32)28(18)2)14-10-17(12(24)9-13(14)25)35-15-7-5-6-8-16(15)36-21(34-4)20(31)33-3/h5-11,21H,1-4H3. The summed E-state index contributed by atoms with van der Waals surface area (Å²) >= 11 is 6.12. The Morgan fingerprint density at radius 1 is 1.06 bits per heavy atom. The Kier molecular flexibility index (Phi) is 7.80. The van der Waals surface area contributed by atoms with Gasteiger partial charge in [0.05, 0.1) is 23.5 Å². The van der Waals surface area contributed by atoms with Gasteiger partial charge in [-0.15, -0.1) is 0 Å². The molecule has 0 amide bonds. The van der Waals surface area contributed by atoms with Gasteiger partial charge in [0.2, 0.25) is 0 Å². The molecule has 36 heavy (non-hydrogen) atoms. The topological polar surface area (TPSA) is 98.0 Å². The zero-order chi connectivity index (χ0) is 26.8. The van der Waals surface area contributed by atoms with Crippen molar-refractivity contribution in [3.63, 3.8) is 0 Å². The summed E-state index contributed by atoms with van der Waals surface area (Å²) in [6, 6.07) is 8.28. The lowest BCUT2D eigenvalue weighted by atomic mass is 10.2. The molecule has 1 aromatic heterocycles. The number of ether oxygens (including phenoxy) is 4. The van der Waals surface area contributed by atoms with Gasteiger partial charge in [0.15, 0.2) is 11.5 Å². The van der Waals surface area contributed by atoms with Crippen molar-refractivity contribution in [1.29, 1.82) is 0 Å². The minimum absolute atomic E-state index is 0.00383. The van der Waals surface area contributed by atoms with Gasteiger partial charge in [0.1, 0.15) is 11.6 Å². The summed E-state index contributed by atoms with van der Waals surface area (Å²) in [4.78, 5) is 37.1. The van der Waals surface area contributed by atoms with Crippen molar-refractivity contribution in [2.24, 2.45) is 7.05 Å². The van der Waals surface area contributed by atoms with E-state index in [2.05, 4.69) is 4.74 Å². The van der Waals surface area contributed by atoms with E-state index in [4.69, 9.17) is 25.8 Å². The Balaban J connectivity index is 2.09. The summed E-state index contributed by atoms with van der Waals surface area (Å²) in [5.74, 6) is -5.60. The van der Waals surface area contributed by atoms with Crippen molar-refractivity contribution in [2.75, 3.05) is 14.2 Å². The number of methoxy groups -OCH3 is 2. The third-order valence-electron chi connectivity index (χ3n) is 4.92. The molecule has 0 aliphatic carbocycles. The molecule has 0 N–H and O–H groups in total. The maximum absolute atomic E-state index is 14.8. The van der Waals surface area contributed by atoms with E-state index in [0.29, 0.717) is 22.1 Å². The van der Waals surface area contributed by atoms with E-state index in [-0.39, 0.29) is 22.3 Å². The quantitative estimate of drug-likeness (QED) is 0.324. The molecule has 1 atom stereocenters. The van der Waals surface area contributed by atoms with Crippen molar-refractivity contribution in [3.05, 3.63) is 79.8 Å². The molecule has 0 aliphatic rings. The second-order valence-electron chi connectivity index (χ2n) is 7.42. The van der Waals surface area contributed by atoms with Crippen molar-refractivity contribution >= 4 is 17.6 Å². The van der Waals surface area contributed by atoms with Crippen LogP contribution in [0.3, 0.4) is 0 Å². The van der Waals surface area contributed by atoms with Crippen LogP contribution in [-0.4, -0.2) is 35.6 Å². The first-order valence-electron chi connectivity index (χ1n) is 10.1. The van der Waals surface area contributed by atoms with Crippen LogP contribution >= 0.6 is 11.6 Å². The van der Waals surface area contributed by atoms with Crippen molar-refractivity contribution in [3.8, 4) is 22.9 Å². The van der Waals surface area contributed by atoms with Gasteiger partial charge in [-0.25, -0.2) is 27.3 Å². The van der Waals surface area contributed by atoms with Crippen LogP contribution in [0.25, 0.3) is 5.69 Å². The number of esters is 1. The number of carbonyl (C=O) groups is 1. The molecule has 0 bridgehead atoms. The first-order chi connectivity index (χ1) is 16.9. The lowest BCUT2D eigenvalue weighted by molar-refractivity contribution is -0.170. The number of halogens is 4. The van der Waals surface area contributed by atoms with Gasteiger partial charge in [-0.05, 0) is 18.2 Å². The van der Waals surface area contributed by atoms with Gasteiger partial charge >= 0.3 is 11.7 Å². The van der Waals surface area contributed by atoms with Crippen LogP contribution in [0, 0.1) is 5.82 Å². The minimum atomic E-state index is -3.49. The highest BCUT2D eigenvalue weighted by molar-refractivity contribution is 6.32. The van der Waals surface area contributed by atoms with Gasteiger partial charge in [0.25, 0.3) is 17.8 Å². The fraction of sp³-hybridized carbons (Fsp3) is 0.261. The lowest BCUT2D eigenvalue weighted by Gasteiger charge is -2.19. The largest absolute Gasteiger partial charge is 0.464 e. The summed E-state index contributed by atoms with van der Waals surface area (Å²) in [5.41, 5.74) is -3.83. The first-order valence-corrected chi connectivity index (χ1v) is 10.5. The molecule has 2 aromatic carbocycles. The minimum Gasteiger partial charge on any atom is -0.464 e. The summed E-state index contributed by atoms with van der Waals surface area (Å²) in [6.45, 7) is 0.522. The monoisotopic (exact) mass is 528 g/mol. The van der Waals surface area contributed by atoms with Crippen molar-refractivity contribution in [1.82, 2.24) is 9.13 Å². The number of carbonyl (C=O) groups excluding carboxylic acids is 1. The van der Waals surface area contributed by atoms with E-state index < -0.39 is 46.6 Å².